The standard InChI is InChI=1S/C11H25NO/c1-3-4-5-6-8-11(2)12-9-7-10-13/h11-13H,3-10H2,1-2H3. The van der Waals surface area contributed by atoms with Crippen molar-refractivity contribution in [3.8, 4) is 0 Å². The third kappa shape index (κ3) is 9.84. The molecule has 2 nitrogen and oxygen atoms in total. The van der Waals surface area contributed by atoms with Crippen molar-refractivity contribution in [3.63, 3.8) is 0 Å². The Morgan fingerprint density at radius 3 is 2.54 bits per heavy atom. The molecule has 0 aromatic heterocycles. The maximum absolute atomic E-state index is 8.59. The molecule has 0 aliphatic carbocycles. The minimum atomic E-state index is 0.301. The summed E-state index contributed by atoms with van der Waals surface area (Å²) in [6, 6.07) is 0.614. The Kier molecular flexibility index (Phi) is 9.94. The second kappa shape index (κ2) is 10.0. The van der Waals surface area contributed by atoms with Crippen molar-refractivity contribution in [1.82, 2.24) is 5.32 Å². The second-order valence-corrected chi connectivity index (χ2v) is 3.78. The van der Waals surface area contributed by atoms with Crippen LogP contribution in [0.5, 0.6) is 0 Å². The number of hydrogen-bond donors (Lipinski definition) is 2. The zero-order chi connectivity index (χ0) is 9.94. The lowest BCUT2D eigenvalue weighted by atomic mass is 10.1. The maximum Gasteiger partial charge on any atom is 0.0443 e. The molecule has 80 valence electrons. The smallest absolute Gasteiger partial charge is 0.0443 e. The fraction of sp³-hybridized carbons (Fsp3) is 1.00. The fourth-order valence-corrected chi connectivity index (χ4v) is 1.41. The molecule has 1 unspecified atom stereocenters. The van der Waals surface area contributed by atoms with Crippen LogP contribution in [0.4, 0.5) is 0 Å². The van der Waals surface area contributed by atoms with Crippen LogP contribution in [0.3, 0.4) is 0 Å². The lowest BCUT2D eigenvalue weighted by Gasteiger charge is -2.12. The summed E-state index contributed by atoms with van der Waals surface area (Å²) in [6.45, 7) is 5.72. The van der Waals surface area contributed by atoms with E-state index in [2.05, 4.69) is 19.2 Å². The van der Waals surface area contributed by atoms with Crippen molar-refractivity contribution < 1.29 is 5.11 Å². The van der Waals surface area contributed by atoms with E-state index < -0.39 is 0 Å². The van der Waals surface area contributed by atoms with Gasteiger partial charge in [0.25, 0.3) is 0 Å². The summed E-state index contributed by atoms with van der Waals surface area (Å²) >= 11 is 0. The van der Waals surface area contributed by atoms with E-state index >= 15 is 0 Å². The normalized spacial score (nSPS) is 13.2. The van der Waals surface area contributed by atoms with Crippen molar-refractivity contribution in [3.05, 3.63) is 0 Å². The first kappa shape index (κ1) is 12.9. The molecule has 0 aromatic rings. The quantitative estimate of drug-likeness (QED) is 0.543. The second-order valence-electron chi connectivity index (χ2n) is 3.78. The van der Waals surface area contributed by atoms with Gasteiger partial charge in [0.1, 0.15) is 0 Å². The van der Waals surface area contributed by atoms with Gasteiger partial charge in [-0.1, -0.05) is 32.6 Å². The van der Waals surface area contributed by atoms with Gasteiger partial charge in [0, 0.05) is 12.6 Å². The van der Waals surface area contributed by atoms with Gasteiger partial charge in [-0.2, -0.15) is 0 Å². The summed E-state index contributed by atoms with van der Waals surface area (Å²) in [5.74, 6) is 0. The highest BCUT2D eigenvalue weighted by Gasteiger charge is 1.99. The molecule has 2 N–H and O–H groups in total. The number of unbranched alkanes of at least 4 members (excludes halogenated alkanes) is 3. The molecular weight excluding hydrogens is 162 g/mol. The average molecular weight is 187 g/mol. The van der Waals surface area contributed by atoms with E-state index in [1.165, 1.54) is 32.1 Å². The van der Waals surface area contributed by atoms with Gasteiger partial charge in [0.05, 0.1) is 0 Å². The molecule has 13 heavy (non-hydrogen) atoms. The summed E-state index contributed by atoms with van der Waals surface area (Å²) in [7, 11) is 0. The predicted molar refractivity (Wildman–Crippen MR) is 57.9 cm³/mol. The van der Waals surface area contributed by atoms with Gasteiger partial charge in [-0.25, -0.2) is 0 Å². The van der Waals surface area contributed by atoms with Crippen LogP contribution in [0.1, 0.15) is 52.4 Å². The predicted octanol–water partition coefficient (Wildman–Crippen LogP) is 2.32. The lowest BCUT2D eigenvalue weighted by Crippen LogP contribution is -2.27. The molecule has 0 aliphatic heterocycles. The summed E-state index contributed by atoms with van der Waals surface area (Å²) < 4.78 is 0. The van der Waals surface area contributed by atoms with E-state index in [0.717, 1.165) is 13.0 Å². The molecule has 0 fully saturated rings. The topological polar surface area (TPSA) is 32.3 Å². The molecule has 0 radical (unpaired) electrons. The Morgan fingerprint density at radius 1 is 1.15 bits per heavy atom. The van der Waals surface area contributed by atoms with Gasteiger partial charge >= 0.3 is 0 Å². The zero-order valence-corrected chi connectivity index (χ0v) is 9.18. The summed E-state index contributed by atoms with van der Waals surface area (Å²) in [5.41, 5.74) is 0. The van der Waals surface area contributed by atoms with Crippen molar-refractivity contribution in [2.45, 2.75) is 58.4 Å². The largest absolute Gasteiger partial charge is 0.396 e. The Bertz CT molecular complexity index is 96.1. The Labute approximate surface area is 82.7 Å². The van der Waals surface area contributed by atoms with Gasteiger partial charge in [0.15, 0.2) is 0 Å². The molecule has 0 heterocycles. The summed E-state index contributed by atoms with van der Waals surface area (Å²) in [4.78, 5) is 0. The first-order chi connectivity index (χ1) is 6.31. The van der Waals surface area contributed by atoms with Gasteiger partial charge in [-0.05, 0) is 26.3 Å². The first-order valence-electron chi connectivity index (χ1n) is 5.65. The summed E-state index contributed by atoms with van der Waals surface area (Å²) in [6.07, 6.45) is 7.52. The number of hydrogen-bond acceptors (Lipinski definition) is 2. The molecule has 0 aromatic carbocycles. The van der Waals surface area contributed by atoms with Crippen LogP contribution >= 0.6 is 0 Å². The number of rotatable bonds is 9. The van der Waals surface area contributed by atoms with E-state index in [-0.39, 0.29) is 0 Å². The molecule has 0 saturated heterocycles. The van der Waals surface area contributed by atoms with E-state index in [1.807, 2.05) is 0 Å². The van der Waals surface area contributed by atoms with Gasteiger partial charge in [-0.15, -0.1) is 0 Å². The maximum atomic E-state index is 8.59. The van der Waals surface area contributed by atoms with Crippen LogP contribution in [0.2, 0.25) is 0 Å². The number of nitrogens with one attached hydrogen (secondary N) is 1. The minimum Gasteiger partial charge on any atom is -0.396 e. The third-order valence-corrected chi connectivity index (χ3v) is 2.32. The highest BCUT2D eigenvalue weighted by molar-refractivity contribution is 4.60. The SMILES string of the molecule is CCCCCCC(C)NCCCO. The summed E-state index contributed by atoms with van der Waals surface area (Å²) in [5, 5.41) is 12.0. The Morgan fingerprint density at radius 2 is 1.92 bits per heavy atom. The molecule has 0 bridgehead atoms. The number of aliphatic hydroxyl groups excluding tert-OH is 1. The molecule has 0 aliphatic rings. The molecular formula is C11H25NO. The van der Waals surface area contributed by atoms with E-state index in [9.17, 15) is 0 Å². The van der Waals surface area contributed by atoms with E-state index in [0.29, 0.717) is 12.6 Å². The van der Waals surface area contributed by atoms with Crippen molar-refractivity contribution >= 4 is 0 Å². The molecule has 1 atom stereocenters. The van der Waals surface area contributed by atoms with Crippen molar-refractivity contribution in [2.24, 2.45) is 0 Å². The van der Waals surface area contributed by atoms with Crippen LogP contribution in [-0.4, -0.2) is 24.3 Å². The van der Waals surface area contributed by atoms with Gasteiger partial charge in [-0.3, -0.25) is 0 Å². The molecule has 0 amide bonds. The Hall–Kier alpha value is -0.0800. The van der Waals surface area contributed by atoms with Crippen LogP contribution in [0.25, 0.3) is 0 Å². The minimum absolute atomic E-state index is 0.301. The van der Waals surface area contributed by atoms with Gasteiger partial charge in [0.2, 0.25) is 0 Å². The highest BCUT2D eigenvalue weighted by Crippen LogP contribution is 2.04. The van der Waals surface area contributed by atoms with E-state index in [4.69, 9.17) is 5.11 Å². The monoisotopic (exact) mass is 187 g/mol. The lowest BCUT2D eigenvalue weighted by molar-refractivity contribution is 0.283. The van der Waals surface area contributed by atoms with Crippen LogP contribution < -0.4 is 5.32 Å². The number of aliphatic hydroxyl groups is 1. The zero-order valence-electron chi connectivity index (χ0n) is 9.18. The third-order valence-electron chi connectivity index (χ3n) is 2.32. The van der Waals surface area contributed by atoms with Crippen molar-refractivity contribution in [2.75, 3.05) is 13.2 Å². The molecule has 0 saturated carbocycles. The van der Waals surface area contributed by atoms with Crippen molar-refractivity contribution in [1.29, 1.82) is 0 Å². The molecule has 2 heteroatoms. The van der Waals surface area contributed by atoms with Crippen LogP contribution in [0, 0.1) is 0 Å². The highest BCUT2D eigenvalue weighted by atomic mass is 16.3. The van der Waals surface area contributed by atoms with Crippen LogP contribution in [-0.2, 0) is 0 Å². The molecule has 0 rings (SSSR count). The van der Waals surface area contributed by atoms with Crippen LogP contribution in [0.15, 0.2) is 0 Å². The molecule has 0 spiro atoms. The first-order valence-corrected chi connectivity index (χ1v) is 5.65. The average Bonchev–Trinajstić information content (AvgIpc) is 2.13. The Balaban J connectivity index is 3.05. The van der Waals surface area contributed by atoms with Gasteiger partial charge < -0.3 is 10.4 Å². The fourth-order valence-electron chi connectivity index (χ4n) is 1.41. The van der Waals surface area contributed by atoms with E-state index in [1.54, 1.807) is 0 Å².